The molecule has 0 heterocycles. The zero-order valence-corrected chi connectivity index (χ0v) is 12.4. The fourth-order valence-corrected chi connectivity index (χ4v) is 2.25. The number of nitrogens with one attached hydrogen (secondary N) is 1. The second kappa shape index (κ2) is 8.71. The molecule has 0 fully saturated rings. The minimum Gasteiger partial charge on any atom is -0.376 e. The van der Waals surface area contributed by atoms with E-state index in [4.69, 9.17) is 4.74 Å². The van der Waals surface area contributed by atoms with Crippen LogP contribution in [0, 0.1) is 5.41 Å². The van der Waals surface area contributed by atoms with Gasteiger partial charge in [-0.1, -0.05) is 33.8 Å². The summed E-state index contributed by atoms with van der Waals surface area (Å²) < 4.78 is 5.96. The fourth-order valence-electron chi connectivity index (χ4n) is 2.25. The van der Waals surface area contributed by atoms with Crippen LogP contribution in [0.15, 0.2) is 12.7 Å². The topological polar surface area (TPSA) is 21.3 Å². The van der Waals surface area contributed by atoms with Gasteiger partial charge in [-0.3, -0.25) is 0 Å². The summed E-state index contributed by atoms with van der Waals surface area (Å²) in [7, 11) is 0. The van der Waals surface area contributed by atoms with E-state index < -0.39 is 0 Å². The third-order valence-electron chi connectivity index (χ3n) is 2.95. The largest absolute Gasteiger partial charge is 0.376 e. The number of hydrogen-bond acceptors (Lipinski definition) is 2. The summed E-state index contributed by atoms with van der Waals surface area (Å²) in [5, 5.41) is 3.57. The predicted octanol–water partition coefficient (Wildman–Crippen LogP) is 3.77. The van der Waals surface area contributed by atoms with Crippen LogP contribution >= 0.6 is 0 Å². The summed E-state index contributed by atoms with van der Waals surface area (Å²) in [6.07, 6.45) is 5.70. The highest BCUT2D eigenvalue weighted by Gasteiger charge is 2.31. The summed E-state index contributed by atoms with van der Waals surface area (Å²) >= 11 is 0. The fraction of sp³-hybridized carbons (Fsp3) is 0.867. The molecule has 2 atom stereocenters. The molecule has 2 heteroatoms. The molecule has 102 valence electrons. The van der Waals surface area contributed by atoms with Crippen molar-refractivity contribution < 1.29 is 4.74 Å². The maximum absolute atomic E-state index is 5.96. The summed E-state index contributed by atoms with van der Waals surface area (Å²) in [4.78, 5) is 0. The van der Waals surface area contributed by atoms with Gasteiger partial charge < -0.3 is 10.1 Å². The Balaban J connectivity index is 4.52. The molecule has 0 aliphatic rings. The highest BCUT2D eigenvalue weighted by atomic mass is 16.5. The van der Waals surface area contributed by atoms with Crippen LogP contribution in [0.2, 0.25) is 0 Å². The van der Waals surface area contributed by atoms with Crippen molar-refractivity contribution in [2.45, 2.75) is 66.0 Å². The molecular formula is C15H31NO. The lowest BCUT2D eigenvalue weighted by molar-refractivity contribution is -0.0373. The van der Waals surface area contributed by atoms with E-state index in [2.05, 4.69) is 46.5 Å². The highest BCUT2D eigenvalue weighted by Crippen LogP contribution is 2.27. The molecule has 0 amide bonds. The SMILES string of the molecule is C=CCCCC(NCC)C(OCC)C(C)(C)C. The third kappa shape index (κ3) is 6.85. The van der Waals surface area contributed by atoms with Crippen molar-refractivity contribution in [3.8, 4) is 0 Å². The Hall–Kier alpha value is -0.340. The molecule has 0 spiro atoms. The average molecular weight is 241 g/mol. The van der Waals surface area contributed by atoms with E-state index in [0.29, 0.717) is 6.04 Å². The molecule has 0 bridgehead atoms. The molecule has 0 rings (SSSR count). The second-order valence-electron chi connectivity index (χ2n) is 5.63. The van der Waals surface area contributed by atoms with Gasteiger partial charge in [0.05, 0.1) is 6.10 Å². The van der Waals surface area contributed by atoms with E-state index in [1.807, 2.05) is 6.08 Å². The highest BCUT2D eigenvalue weighted by molar-refractivity contribution is 4.86. The normalized spacial score (nSPS) is 15.6. The average Bonchev–Trinajstić information content (AvgIpc) is 2.24. The van der Waals surface area contributed by atoms with Crippen LogP contribution in [0.5, 0.6) is 0 Å². The van der Waals surface area contributed by atoms with Crippen LogP contribution in [0.1, 0.15) is 53.9 Å². The standard InChI is InChI=1S/C15H31NO/c1-7-10-11-12-13(16-8-2)14(17-9-3)15(4,5)6/h7,13-14,16H,1,8-12H2,2-6H3. The van der Waals surface area contributed by atoms with Gasteiger partial charge in [0, 0.05) is 12.6 Å². The smallest absolute Gasteiger partial charge is 0.0775 e. The van der Waals surface area contributed by atoms with Crippen LogP contribution < -0.4 is 5.32 Å². The van der Waals surface area contributed by atoms with Gasteiger partial charge in [0.15, 0.2) is 0 Å². The van der Waals surface area contributed by atoms with E-state index in [9.17, 15) is 0 Å². The van der Waals surface area contributed by atoms with Gasteiger partial charge in [0.2, 0.25) is 0 Å². The van der Waals surface area contributed by atoms with E-state index in [0.717, 1.165) is 26.0 Å². The van der Waals surface area contributed by atoms with E-state index in [1.165, 1.54) is 6.42 Å². The van der Waals surface area contributed by atoms with Crippen LogP contribution in [-0.2, 0) is 4.74 Å². The van der Waals surface area contributed by atoms with Crippen molar-refractivity contribution in [1.82, 2.24) is 5.32 Å². The Morgan fingerprint density at radius 2 is 1.94 bits per heavy atom. The Bertz CT molecular complexity index is 196. The second-order valence-corrected chi connectivity index (χ2v) is 5.63. The first kappa shape index (κ1) is 16.7. The zero-order chi connectivity index (χ0) is 13.3. The number of hydrogen-bond donors (Lipinski definition) is 1. The van der Waals surface area contributed by atoms with Crippen LogP contribution in [0.4, 0.5) is 0 Å². The van der Waals surface area contributed by atoms with Crippen molar-refractivity contribution in [1.29, 1.82) is 0 Å². The predicted molar refractivity (Wildman–Crippen MR) is 76.4 cm³/mol. The van der Waals surface area contributed by atoms with Gasteiger partial charge in [-0.15, -0.1) is 6.58 Å². The monoisotopic (exact) mass is 241 g/mol. The summed E-state index contributed by atoms with van der Waals surface area (Å²) in [5.41, 5.74) is 0.178. The molecule has 0 aliphatic heterocycles. The van der Waals surface area contributed by atoms with Gasteiger partial charge in [-0.2, -0.15) is 0 Å². The number of rotatable bonds is 9. The van der Waals surface area contributed by atoms with E-state index in [1.54, 1.807) is 0 Å². The maximum atomic E-state index is 5.96. The van der Waals surface area contributed by atoms with Crippen LogP contribution in [0.3, 0.4) is 0 Å². The van der Waals surface area contributed by atoms with E-state index >= 15 is 0 Å². The quantitative estimate of drug-likeness (QED) is 0.490. The van der Waals surface area contributed by atoms with Crippen molar-refractivity contribution in [2.24, 2.45) is 5.41 Å². The van der Waals surface area contributed by atoms with E-state index in [-0.39, 0.29) is 11.5 Å². The number of allylic oxidation sites excluding steroid dienone is 1. The Labute approximate surface area is 108 Å². The molecule has 0 saturated carbocycles. The lowest BCUT2D eigenvalue weighted by atomic mass is 9.82. The number of likely N-dealkylation sites (N-methyl/N-ethyl adjacent to an activating group) is 1. The zero-order valence-electron chi connectivity index (χ0n) is 12.4. The molecule has 0 aliphatic carbocycles. The third-order valence-corrected chi connectivity index (χ3v) is 2.95. The Kier molecular flexibility index (Phi) is 8.53. The van der Waals surface area contributed by atoms with Crippen molar-refractivity contribution >= 4 is 0 Å². The summed E-state index contributed by atoms with van der Waals surface area (Å²) in [6, 6.07) is 0.444. The molecular weight excluding hydrogens is 210 g/mol. The lowest BCUT2D eigenvalue weighted by Crippen LogP contribution is -2.48. The molecule has 2 nitrogen and oxygen atoms in total. The molecule has 0 aromatic rings. The molecule has 0 aromatic heterocycles. The van der Waals surface area contributed by atoms with Crippen molar-refractivity contribution in [3.63, 3.8) is 0 Å². The van der Waals surface area contributed by atoms with Gasteiger partial charge in [0.1, 0.15) is 0 Å². The van der Waals surface area contributed by atoms with Crippen molar-refractivity contribution in [2.75, 3.05) is 13.2 Å². The first-order valence-corrected chi connectivity index (χ1v) is 6.93. The van der Waals surface area contributed by atoms with Crippen LogP contribution in [-0.4, -0.2) is 25.3 Å². The molecule has 0 saturated heterocycles. The first-order valence-electron chi connectivity index (χ1n) is 6.93. The van der Waals surface area contributed by atoms with Gasteiger partial charge in [-0.25, -0.2) is 0 Å². The van der Waals surface area contributed by atoms with Gasteiger partial charge in [-0.05, 0) is 38.1 Å². The van der Waals surface area contributed by atoms with Gasteiger partial charge in [0.25, 0.3) is 0 Å². The Morgan fingerprint density at radius 3 is 2.35 bits per heavy atom. The maximum Gasteiger partial charge on any atom is 0.0775 e. The minimum atomic E-state index is 0.178. The molecule has 0 aromatic carbocycles. The van der Waals surface area contributed by atoms with Crippen LogP contribution in [0.25, 0.3) is 0 Å². The van der Waals surface area contributed by atoms with Gasteiger partial charge >= 0.3 is 0 Å². The summed E-state index contributed by atoms with van der Waals surface area (Å²) in [6.45, 7) is 16.6. The van der Waals surface area contributed by atoms with Crippen molar-refractivity contribution in [3.05, 3.63) is 12.7 Å². The molecule has 0 radical (unpaired) electrons. The summed E-state index contributed by atoms with van der Waals surface area (Å²) in [5.74, 6) is 0. The number of ether oxygens (including phenoxy) is 1. The molecule has 2 unspecified atom stereocenters. The Morgan fingerprint density at radius 1 is 1.29 bits per heavy atom. The number of unbranched alkanes of at least 4 members (excludes halogenated alkanes) is 1. The first-order chi connectivity index (χ1) is 7.97. The minimum absolute atomic E-state index is 0.178. The molecule has 17 heavy (non-hydrogen) atoms. The molecule has 1 N–H and O–H groups in total. The lowest BCUT2D eigenvalue weighted by Gasteiger charge is -2.37.